The molecule has 11 nitrogen and oxygen atoms in total. The average molecular weight is 587 g/mol. The van der Waals surface area contributed by atoms with Gasteiger partial charge in [0, 0.05) is 23.1 Å². The van der Waals surface area contributed by atoms with E-state index < -0.39 is 36.8 Å². The van der Waals surface area contributed by atoms with Gasteiger partial charge in [0.1, 0.15) is 33.3 Å². The van der Waals surface area contributed by atoms with Gasteiger partial charge in [-0.1, -0.05) is 6.07 Å². The molecule has 0 fully saturated rings. The smallest absolute Gasteiger partial charge is 0.748 e. The molecule has 0 aliphatic rings. The van der Waals surface area contributed by atoms with E-state index in [1.165, 1.54) is 37.5 Å². The summed E-state index contributed by atoms with van der Waals surface area (Å²) in [5, 5.41) is 11.8. The first-order valence-corrected chi connectivity index (χ1v) is 12.6. The molecule has 182 valence electrons. The van der Waals surface area contributed by atoms with Crippen molar-refractivity contribution in [2.24, 2.45) is 0 Å². The standard InChI is InChI=1S/C21H22N2O9S2.2K/c1-31-18-8-7-15(20(13-18)32-9-2-3-10-33(25,26)27)11-16(14-22)21(24)23-17-5-4-6-19(12-17)34(28,29)30;;/h4-8,11-13H,2-3,9-10H2,1H3,(H,23,24)(H,25,26,27)(H,28,29,30);;/q;2*+1/p-2. The van der Waals surface area contributed by atoms with Gasteiger partial charge in [-0.15, -0.1) is 0 Å². The summed E-state index contributed by atoms with van der Waals surface area (Å²) in [7, 11) is -7.62. The third kappa shape index (κ3) is 12.6. The van der Waals surface area contributed by atoms with Gasteiger partial charge in [-0.3, -0.25) is 4.79 Å². The molecule has 0 aromatic heterocycles. The fourth-order valence-corrected chi connectivity index (χ4v) is 3.76. The summed E-state index contributed by atoms with van der Waals surface area (Å²) in [5.41, 5.74) is -0.00899. The number of unbranched alkanes of at least 4 members (excludes halogenated alkanes) is 1. The quantitative estimate of drug-likeness (QED) is 0.0891. The number of nitrogens with zero attached hydrogens (tertiary/aromatic N) is 1. The van der Waals surface area contributed by atoms with Crippen LogP contribution in [0.1, 0.15) is 18.4 Å². The molecule has 1 amide bonds. The van der Waals surface area contributed by atoms with E-state index in [0.29, 0.717) is 11.3 Å². The second kappa shape index (κ2) is 16.7. The topological polar surface area (TPSA) is 186 Å². The third-order valence-electron chi connectivity index (χ3n) is 4.31. The van der Waals surface area contributed by atoms with Gasteiger partial charge in [0.15, 0.2) is 0 Å². The molecule has 0 aliphatic carbocycles. The van der Waals surface area contributed by atoms with Gasteiger partial charge in [0.2, 0.25) is 0 Å². The molecule has 15 heteroatoms. The summed E-state index contributed by atoms with van der Waals surface area (Å²) in [4.78, 5) is 12.0. The molecule has 2 rings (SSSR count). The average Bonchev–Trinajstić information content (AvgIpc) is 2.76. The Labute approximate surface area is 295 Å². The first-order valence-electron chi connectivity index (χ1n) is 9.66. The van der Waals surface area contributed by atoms with Crippen molar-refractivity contribution in [2.45, 2.75) is 17.7 Å². The number of hydrogen-bond donors (Lipinski definition) is 1. The van der Waals surface area contributed by atoms with Crippen molar-refractivity contribution < 1.29 is 143 Å². The summed E-state index contributed by atoms with van der Waals surface area (Å²) < 4.78 is 76.3. The van der Waals surface area contributed by atoms with Gasteiger partial charge < -0.3 is 23.9 Å². The van der Waals surface area contributed by atoms with Crippen LogP contribution in [-0.2, 0) is 25.0 Å². The molecule has 1 N–H and O–H groups in total. The zero-order valence-electron chi connectivity index (χ0n) is 19.9. The predicted molar refractivity (Wildman–Crippen MR) is 119 cm³/mol. The van der Waals surface area contributed by atoms with E-state index in [9.17, 15) is 36.0 Å². The maximum absolute atomic E-state index is 12.6. The molecule has 36 heavy (non-hydrogen) atoms. The summed E-state index contributed by atoms with van der Waals surface area (Å²) in [6.07, 6.45) is 1.61. The Hall–Kier alpha value is -0.167. The number of carbonyl (C=O) groups excluding carboxylic acids is 1. The normalized spacial score (nSPS) is 11.3. The zero-order chi connectivity index (χ0) is 25.4. The molecule has 2 aromatic carbocycles. The van der Waals surface area contributed by atoms with Crippen LogP contribution in [-0.4, -0.2) is 51.3 Å². The second-order valence-corrected chi connectivity index (χ2v) is 9.73. The van der Waals surface area contributed by atoms with Crippen LogP contribution < -0.4 is 118 Å². The summed E-state index contributed by atoms with van der Waals surface area (Å²) in [5.74, 6) is -0.711. The number of nitrogens with one attached hydrogen (secondary N) is 1. The molecular formula is C21H20K2N2O9S2. The number of ether oxygens (including phenoxy) is 2. The van der Waals surface area contributed by atoms with E-state index in [2.05, 4.69) is 5.32 Å². The van der Waals surface area contributed by atoms with Crippen LogP contribution in [0.5, 0.6) is 11.5 Å². The first kappa shape index (κ1) is 35.8. The molecular weight excluding hydrogens is 567 g/mol. The van der Waals surface area contributed by atoms with Crippen LogP contribution in [0.25, 0.3) is 6.08 Å². The molecule has 2 aromatic rings. The Bertz CT molecular complexity index is 1340. The fraction of sp³-hybridized carbons (Fsp3) is 0.238. The van der Waals surface area contributed by atoms with E-state index in [1.54, 1.807) is 12.1 Å². The number of methoxy groups -OCH3 is 1. The fourth-order valence-electron chi connectivity index (χ4n) is 2.68. The zero-order valence-corrected chi connectivity index (χ0v) is 27.8. The number of hydrogen-bond acceptors (Lipinski definition) is 10. The molecule has 0 saturated heterocycles. The van der Waals surface area contributed by atoms with Crippen LogP contribution in [0, 0.1) is 11.3 Å². The van der Waals surface area contributed by atoms with Crippen molar-refractivity contribution in [1.82, 2.24) is 0 Å². The van der Waals surface area contributed by atoms with Crippen LogP contribution >= 0.6 is 0 Å². The molecule has 0 unspecified atom stereocenters. The van der Waals surface area contributed by atoms with Gasteiger partial charge in [0.25, 0.3) is 5.91 Å². The summed E-state index contributed by atoms with van der Waals surface area (Å²) in [6.45, 7) is 0.0636. The van der Waals surface area contributed by atoms with Crippen LogP contribution in [0.3, 0.4) is 0 Å². The van der Waals surface area contributed by atoms with Crippen LogP contribution in [0.15, 0.2) is 52.9 Å². The third-order valence-corrected chi connectivity index (χ3v) is 5.93. The van der Waals surface area contributed by atoms with Crippen molar-refractivity contribution >= 4 is 37.9 Å². The first-order chi connectivity index (χ1) is 15.9. The number of rotatable bonds is 11. The van der Waals surface area contributed by atoms with E-state index in [4.69, 9.17) is 9.47 Å². The molecule has 0 radical (unpaired) electrons. The molecule has 0 saturated carbocycles. The molecule has 0 atom stereocenters. The largest absolute Gasteiger partial charge is 1.00 e. The minimum atomic E-state index is -4.73. The van der Waals surface area contributed by atoms with E-state index in [0.717, 1.165) is 12.1 Å². The Balaban J connectivity index is 0.00000612. The van der Waals surface area contributed by atoms with E-state index in [1.807, 2.05) is 0 Å². The maximum atomic E-state index is 12.6. The van der Waals surface area contributed by atoms with Gasteiger partial charge in [0.05, 0.1) is 28.7 Å². The molecule has 0 heterocycles. The van der Waals surface area contributed by atoms with Crippen molar-refractivity contribution in [1.29, 1.82) is 5.26 Å². The number of nitriles is 1. The van der Waals surface area contributed by atoms with Crippen LogP contribution in [0.2, 0.25) is 0 Å². The van der Waals surface area contributed by atoms with E-state index in [-0.39, 0.29) is 139 Å². The van der Waals surface area contributed by atoms with Crippen molar-refractivity contribution in [2.75, 3.05) is 24.8 Å². The summed E-state index contributed by atoms with van der Waals surface area (Å²) >= 11 is 0. The molecule has 0 bridgehead atoms. The Kier molecular flexibility index (Phi) is 16.6. The van der Waals surface area contributed by atoms with Gasteiger partial charge in [-0.05, 0) is 49.2 Å². The van der Waals surface area contributed by atoms with Gasteiger partial charge in [-0.2, -0.15) is 5.26 Å². The predicted octanol–water partition coefficient (Wildman–Crippen LogP) is -4.14. The minimum Gasteiger partial charge on any atom is -0.748 e. The Morgan fingerprint density at radius 1 is 1.08 bits per heavy atom. The van der Waals surface area contributed by atoms with Gasteiger partial charge >= 0.3 is 103 Å². The van der Waals surface area contributed by atoms with Crippen molar-refractivity contribution in [3.8, 4) is 17.6 Å². The van der Waals surface area contributed by atoms with Gasteiger partial charge in [-0.25, -0.2) is 16.8 Å². The maximum Gasteiger partial charge on any atom is 1.00 e. The molecule has 0 aliphatic heterocycles. The van der Waals surface area contributed by atoms with Crippen molar-refractivity contribution in [3.63, 3.8) is 0 Å². The number of benzene rings is 2. The Morgan fingerprint density at radius 3 is 2.36 bits per heavy atom. The number of anilines is 1. The van der Waals surface area contributed by atoms with E-state index >= 15 is 0 Å². The molecule has 0 spiro atoms. The van der Waals surface area contributed by atoms with Crippen LogP contribution in [0.4, 0.5) is 5.69 Å². The summed E-state index contributed by atoms with van der Waals surface area (Å²) in [6, 6.07) is 11.0. The monoisotopic (exact) mass is 586 g/mol. The number of carbonyl (C=O) groups is 1. The SMILES string of the molecule is COc1ccc(C=C(C#N)C(=O)Nc2cccc(S(=O)(=O)[O-])c2)c(OCCCCS(=O)(=O)[O-])c1.[K+].[K+]. The second-order valence-electron chi connectivity index (χ2n) is 6.83. The number of amides is 1. The minimum absolute atomic E-state index is 0. The van der Waals surface area contributed by atoms with Crippen molar-refractivity contribution in [3.05, 3.63) is 53.6 Å². The Morgan fingerprint density at radius 2 is 1.78 bits per heavy atom.